The lowest BCUT2D eigenvalue weighted by molar-refractivity contribution is -0.384. The van der Waals surface area contributed by atoms with E-state index in [1.807, 2.05) is 51.1 Å². The fourth-order valence-corrected chi connectivity index (χ4v) is 2.62. The van der Waals surface area contributed by atoms with Crippen molar-refractivity contribution in [2.75, 3.05) is 0 Å². The van der Waals surface area contributed by atoms with Gasteiger partial charge in [0.05, 0.1) is 22.5 Å². The van der Waals surface area contributed by atoms with Gasteiger partial charge in [0.1, 0.15) is 5.69 Å². The maximum Gasteiger partial charge on any atom is 0.290 e. The van der Waals surface area contributed by atoms with E-state index in [2.05, 4.69) is 15.6 Å². The number of hydrogen-bond donors (Lipinski definition) is 1. The van der Waals surface area contributed by atoms with Crippen molar-refractivity contribution in [1.29, 1.82) is 0 Å². The van der Waals surface area contributed by atoms with Crippen molar-refractivity contribution in [3.05, 3.63) is 87.7 Å². The molecule has 0 fully saturated rings. The van der Waals surface area contributed by atoms with Gasteiger partial charge in [0.2, 0.25) is 0 Å². The van der Waals surface area contributed by atoms with E-state index in [-0.39, 0.29) is 11.1 Å². The SMILES string of the molecule is CC(C)(C)c1cc(C(=O)N/N=C/c2cccc([N+](=O)[O-])c2)n(-c2ccccc2)n1. The van der Waals surface area contributed by atoms with Crippen LogP contribution in [0.5, 0.6) is 0 Å². The zero-order chi connectivity index (χ0) is 21.0. The topological polar surface area (TPSA) is 102 Å². The number of nitrogens with zero attached hydrogens (tertiary/aromatic N) is 4. The molecule has 1 N–H and O–H groups in total. The lowest BCUT2D eigenvalue weighted by Crippen LogP contribution is -2.21. The van der Waals surface area contributed by atoms with E-state index in [0.717, 1.165) is 11.4 Å². The molecule has 3 rings (SSSR count). The predicted molar refractivity (Wildman–Crippen MR) is 110 cm³/mol. The maximum absolute atomic E-state index is 12.8. The van der Waals surface area contributed by atoms with Gasteiger partial charge >= 0.3 is 0 Å². The van der Waals surface area contributed by atoms with E-state index in [0.29, 0.717) is 11.3 Å². The number of carbonyl (C=O) groups excluding carboxylic acids is 1. The third-order valence-electron chi connectivity index (χ3n) is 4.17. The van der Waals surface area contributed by atoms with E-state index in [1.54, 1.807) is 22.9 Å². The molecule has 148 valence electrons. The Bertz CT molecular complexity index is 1070. The number of carbonyl (C=O) groups is 1. The quantitative estimate of drug-likeness (QED) is 0.405. The minimum absolute atomic E-state index is 0.0442. The Morgan fingerprint density at radius 3 is 2.52 bits per heavy atom. The molecule has 1 heterocycles. The summed E-state index contributed by atoms with van der Waals surface area (Å²) >= 11 is 0. The van der Waals surface area contributed by atoms with Gasteiger partial charge in [0.15, 0.2) is 0 Å². The van der Waals surface area contributed by atoms with Crippen LogP contribution in [0.15, 0.2) is 65.8 Å². The summed E-state index contributed by atoms with van der Waals surface area (Å²) in [6.45, 7) is 6.06. The van der Waals surface area contributed by atoms with Gasteiger partial charge in [-0.15, -0.1) is 0 Å². The van der Waals surface area contributed by atoms with Gasteiger partial charge in [-0.1, -0.05) is 51.1 Å². The maximum atomic E-state index is 12.8. The molecule has 0 atom stereocenters. The predicted octanol–water partition coefficient (Wildman–Crippen LogP) is 3.84. The zero-order valence-electron chi connectivity index (χ0n) is 16.4. The van der Waals surface area contributed by atoms with Crippen molar-refractivity contribution in [2.45, 2.75) is 26.2 Å². The van der Waals surface area contributed by atoms with Crippen LogP contribution >= 0.6 is 0 Å². The van der Waals surface area contributed by atoms with Gasteiger partial charge in [0.25, 0.3) is 11.6 Å². The number of rotatable bonds is 5. The average Bonchev–Trinajstić information content (AvgIpc) is 3.15. The van der Waals surface area contributed by atoms with Crippen LogP contribution < -0.4 is 5.43 Å². The van der Waals surface area contributed by atoms with Crippen LogP contribution in [0.4, 0.5) is 5.69 Å². The van der Waals surface area contributed by atoms with Crippen LogP contribution in [0.2, 0.25) is 0 Å². The molecule has 0 aliphatic heterocycles. The summed E-state index contributed by atoms with van der Waals surface area (Å²) < 4.78 is 1.58. The molecule has 2 aromatic carbocycles. The van der Waals surface area contributed by atoms with E-state index in [1.165, 1.54) is 18.3 Å². The second-order valence-electron chi connectivity index (χ2n) is 7.46. The molecule has 1 amide bonds. The normalized spacial score (nSPS) is 11.6. The Balaban J connectivity index is 1.86. The smallest absolute Gasteiger partial charge is 0.266 e. The molecule has 8 heteroatoms. The molecule has 3 aromatic rings. The standard InChI is InChI=1S/C21H21N5O3/c1-21(2,3)19-13-18(25(24-19)16-9-5-4-6-10-16)20(27)23-22-14-15-8-7-11-17(12-15)26(28)29/h4-14H,1-3H3,(H,23,27)/b22-14+. The molecule has 0 spiro atoms. The number of hydrazone groups is 1. The molecule has 0 aliphatic rings. The van der Waals surface area contributed by atoms with Gasteiger partial charge in [-0.2, -0.15) is 10.2 Å². The molecule has 0 saturated carbocycles. The van der Waals surface area contributed by atoms with Crippen molar-refractivity contribution < 1.29 is 9.72 Å². The molecule has 0 radical (unpaired) electrons. The Hall–Kier alpha value is -3.81. The highest BCUT2D eigenvalue weighted by Gasteiger charge is 2.23. The van der Waals surface area contributed by atoms with E-state index >= 15 is 0 Å². The summed E-state index contributed by atoms with van der Waals surface area (Å²) in [4.78, 5) is 23.1. The highest BCUT2D eigenvalue weighted by Crippen LogP contribution is 2.23. The third-order valence-corrected chi connectivity index (χ3v) is 4.17. The minimum Gasteiger partial charge on any atom is -0.266 e. The lowest BCUT2D eigenvalue weighted by Gasteiger charge is -2.14. The van der Waals surface area contributed by atoms with Crippen LogP contribution in [0.25, 0.3) is 5.69 Å². The first-order valence-electron chi connectivity index (χ1n) is 8.99. The van der Waals surface area contributed by atoms with Crippen LogP contribution in [0, 0.1) is 10.1 Å². The summed E-state index contributed by atoms with van der Waals surface area (Å²) in [5.74, 6) is -0.432. The monoisotopic (exact) mass is 391 g/mol. The van der Waals surface area contributed by atoms with Crippen LogP contribution in [0.3, 0.4) is 0 Å². The summed E-state index contributed by atoms with van der Waals surface area (Å²) in [5.41, 5.74) is 4.57. The molecule has 0 bridgehead atoms. The summed E-state index contributed by atoms with van der Waals surface area (Å²) in [6, 6.07) is 17.1. The van der Waals surface area contributed by atoms with Gasteiger partial charge in [0, 0.05) is 23.1 Å². The molecule has 29 heavy (non-hydrogen) atoms. The van der Waals surface area contributed by atoms with Crippen LogP contribution in [-0.2, 0) is 5.41 Å². The highest BCUT2D eigenvalue weighted by atomic mass is 16.6. The number of aromatic nitrogens is 2. The van der Waals surface area contributed by atoms with Crippen molar-refractivity contribution in [2.24, 2.45) is 5.10 Å². The van der Waals surface area contributed by atoms with Gasteiger partial charge in [-0.05, 0) is 18.2 Å². The molecular weight excluding hydrogens is 370 g/mol. The van der Waals surface area contributed by atoms with E-state index in [4.69, 9.17) is 0 Å². The van der Waals surface area contributed by atoms with Crippen LogP contribution in [0.1, 0.15) is 42.5 Å². The second kappa shape index (κ2) is 8.05. The zero-order valence-corrected chi connectivity index (χ0v) is 16.4. The molecular formula is C21H21N5O3. The Labute approximate surface area is 168 Å². The number of hydrogen-bond acceptors (Lipinski definition) is 5. The summed E-state index contributed by atoms with van der Waals surface area (Å²) in [7, 11) is 0. The summed E-state index contributed by atoms with van der Waals surface area (Å²) in [6.07, 6.45) is 1.36. The Morgan fingerprint density at radius 1 is 1.14 bits per heavy atom. The molecule has 0 unspecified atom stereocenters. The minimum atomic E-state index is -0.484. The van der Waals surface area contributed by atoms with Crippen molar-refractivity contribution >= 4 is 17.8 Å². The number of nitro benzene ring substituents is 1. The van der Waals surface area contributed by atoms with Crippen molar-refractivity contribution in [3.63, 3.8) is 0 Å². The van der Waals surface area contributed by atoms with Gasteiger partial charge in [-0.3, -0.25) is 14.9 Å². The number of non-ortho nitro benzene ring substituents is 1. The highest BCUT2D eigenvalue weighted by molar-refractivity contribution is 5.94. The first-order chi connectivity index (χ1) is 13.8. The molecule has 1 aromatic heterocycles. The average molecular weight is 391 g/mol. The second-order valence-corrected chi connectivity index (χ2v) is 7.46. The molecule has 0 aliphatic carbocycles. The first kappa shape index (κ1) is 19.9. The number of para-hydroxylation sites is 1. The number of nitro groups is 1. The number of benzene rings is 2. The van der Waals surface area contributed by atoms with Crippen molar-refractivity contribution in [3.8, 4) is 5.69 Å². The van der Waals surface area contributed by atoms with Crippen LogP contribution in [-0.4, -0.2) is 26.8 Å². The van der Waals surface area contributed by atoms with Crippen molar-refractivity contribution in [1.82, 2.24) is 15.2 Å². The first-order valence-corrected chi connectivity index (χ1v) is 8.99. The largest absolute Gasteiger partial charge is 0.290 e. The third kappa shape index (κ3) is 4.73. The lowest BCUT2D eigenvalue weighted by atomic mass is 9.92. The number of amides is 1. The molecule has 0 saturated heterocycles. The molecule has 8 nitrogen and oxygen atoms in total. The fourth-order valence-electron chi connectivity index (χ4n) is 2.62. The Kier molecular flexibility index (Phi) is 5.54. The van der Waals surface area contributed by atoms with Gasteiger partial charge in [-0.25, -0.2) is 10.1 Å². The summed E-state index contributed by atoms with van der Waals surface area (Å²) in [5, 5.41) is 19.4. The Morgan fingerprint density at radius 2 is 1.86 bits per heavy atom. The number of nitrogens with one attached hydrogen (secondary N) is 1. The van der Waals surface area contributed by atoms with E-state index < -0.39 is 10.8 Å². The van der Waals surface area contributed by atoms with Gasteiger partial charge < -0.3 is 0 Å². The van der Waals surface area contributed by atoms with E-state index in [9.17, 15) is 14.9 Å². The fraction of sp³-hybridized carbons (Fsp3) is 0.190.